The maximum Gasteiger partial charge on any atom is 0.416 e. The molecule has 0 spiro atoms. The first-order valence-electron chi connectivity index (χ1n) is 5.29. The first-order valence-corrected chi connectivity index (χ1v) is 6.17. The fourth-order valence-corrected chi connectivity index (χ4v) is 2.58. The van der Waals surface area contributed by atoms with Gasteiger partial charge < -0.3 is 5.11 Å². The molecule has 1 N–H and O–H groups in total. The number of benzene rings is 1. The summed E-state index contributed by atoms with van der Waals surface area (Å²) in [6.07, 6.45) is -4.40. The van der Waals surface area contributed by atoms with Crippen molar-refractivity contribution in [3.05, 3.63) is 45.6 Å². The van der Waals surface area contributed by atoms with E-state index in [0.29, 0.717) is 16.7 Å². The van der Waals surface area contributed by atoms with Crippen molar-refractivity contribution in [2.45, 2.75) is 13.1 Å². The highest BCUT2D eigenvalue weighted by molar-refractivity contribution is 7.12. The number of thiophene rings is 1. The van der Waals surface area contributed by atoms with E-state index in [4.69, 9.17) is 5.11 Å². The molecule has 0 radical (unpaired) electrons. The molecule has 0 bridgehead atoms. The summed E-state index contributed by atoms with van der Waals surface area (Å²) in [6.45, 7) is 1.54. The minimum absolute atomic E-state index is 0.128. The Morgan fingerprint density at radius 2 is 1.89 bits per heavy atom. The minimum atomic E-state index is -4.40. The number of rotatable bonds is 2. The predicted molar refractivity (Wildman–Crippen MR) is 66.5 cm³/mol. The molecule has 6 heteroatoms. The molecule has 1 aromatic heterocycles. The van der Waals surface area contributed by atoms with Crippen LogP contribution in [-0.4, -0.2) is 11.1 Å². The van der Waals surface area contributed by atoms with Gasteiger partial charge in [-0.05, 0) is 41.6 Å². The Hall–Kier alpha value is -1.82. The van der Waals surface area contributed by atoms with Crippen LogP contribution in [0.2, 0.25) is 0 Å². The predicted octanol–water partition coefficient (Wildman–Crippen LogP) is 4.44. The Bertz CT molecular complexity index is 629. The minimum Gasteiger partial charge on any atom is -0.477 e. The third-order valence-corrected chi connectivity index (χ3v) is 3.61. The van der Waals surface area contributed by atoms with Gasteiger partial charge in [-0.3, -0.25) is 0 Å². The Kier molecular flexibility index (Phi) is 3.36. The van der Waals surface area contributed by atoms with Gasteiger partial charge in [0, 0.05) is 5.56 Å². The Morgan fingerprint density at radius 3 is 2.42 bits per heavy atom. The van der Waals surface area contributed by atoms with Crippen LogP contribution in [0.1, 0.15) is 20.8 Å². The Labute approximate surface area is 111 Å². The summed E-state index contributed by atoms with van der Waals surface area (Å²) in [5.74, 6) is -1.08. The van der Waals surface area contributed by atoms with Crippen LogP contribution >= 0.6 is 11.3 Å². The maximum atomic E-state index is 12.6. The van der Waals surface area contributed by atoms with Gasteiger partial charge in [-0.25, -0.2) is 4.79 Å². The normalized spacial score (nSPS) is 11.6. The van der Waals surface area contributed by atoms with Gasteiger partial charge in [0.2, 0.25) is 0 Å². The lowest BCUT2D eigenvalue weighted by molar-refractivity contribution is -0.137. The number of hydrogen-bond acceptors (Lipinski definition) is 2. The van der Waals surface area contributed by atoms with Crippen molar-refractivity contribution in [3.8, 4) is 11.1 Å². The van der Waals surface area contributed by atoms with Crippen molar-refractivity contribution in [1.82, 2.24) is 0 Å². The summed E-state index contributed by atoms with van der Waals surface area (Å²) >= 11 is 1.05. The van der Waals surface area contributed by atoms with Crippen LogP contribution in [0.4, 0.5) is 13.2 Å². The quantitative estimate of drug-likeness (QED) is 0.886. The lowest BCUT2D eigenvalue weighted by Gasteiger charge is -2.11. The second-order valence-corrected chi connectivity index (χ2v) is 4.91. The van der Waals surface area contributed by atoms with Gasteiger partial charge in [0.1, 0.15) is 4.88 Å². The van der Waals surface area contributed by atoms with Crippen molar-refractivity contribution in [1.29, 1.82) is 0 Å². The molecule has 0 fully saturated rings. The number of carbonyl (C=O) groups is 1. The molecule has 2 aromatic rings. The number of hydrogen-bond donors (Lipinski definition) is 1. The molecule has 0 unspecified atom stereocenters. The molecule has 0 amide bonds. The molecule has 1 heterocycles. The molecule has 19 heavy (non-hydrogen) atoms. The molecule has 0 aliphatic heterocycles. The molecule has 2 nitrogen and oxygen atoms in total. The van der Waals surface area contributed by atoms with Gasteiger partial charge >= 0.3 is 12.1 Å². The summed E-state index contributed by atoms with van der Waals surface area (Å²) in [6, 6.07) is 4.90. The number of carboxylic acids is 1. The third kappa shape index (κ3) is 2.63. The van der Waals surface area contributed by atoms with Crippen molar-refractivity contribution in [3.63, 3.8) is 0 Å². The number of alkyl halides is 3. The Balaban J connectivity index is 2.53. The SMILES string of the molecule is Cc1cc(C(F)(F)F)ccc1-c1ccsc1C(=O)O. The lowest BCUT2D eigenvalue weighted by atomic mass is 9.98. The van der Waals surface area contributed by atoms with Gasteiger partial charge in [0.15, 0.2) is 0 Å². The summed E-state index contributed by atoms with van der Waals surface area (Å²) < 4.78 is 37.7. The van der Waals surface area contributed by atoms with E-state index in [2.05, 4.69) is 0 Å². The van der Waals surface area contributed by atoms with Gasteiger partial charge in [-0.1, -0.05) is 6.07 Å². The summed E-state index contributed by atoms with van der Waals surface area (Å²) in [7, 11) is 0. The molecule has 0 saturated heterocycles. The summed E-state index contributed by atoms with van der Waals surface area (Å²) in [4.78, 5) is 11.2. The fraction of sp³-hybridized carbons (Fsp3) is 0.154. The van der Waals surface area contributed by atoms with Crippen LogP contribution in [0.15, 0.2) is 29.6 Å². The number of halogens is 3. The zero-order valence-corrected chi connectivity index (χ0v) is 10.6. The molecular formula is C13H9F3O2S. The van der Waals surface area contributed by atoms with E-state index in [1.165, 1.54) is 13.0 Å². The van der Waals surface area contributed by atoms with E-state index >= 15 is 0 Å². The average Bonchev–Trinajstić information content (AvgIpc) is 2.76. The van der Waals surface area contributed by atoms with Gasteiger partial charge in [0.05, 0.1) is 5.56 Å². The topological polar surface area (TPSA) is 37.3 Å². The van der Waals surface area contributed by atoms with E-state index in [1.54, 1.807) is 11.4 Å². The van der Waals surface area contributed by atoms with E-state index in [9.17, 15) is 18.0 Å². The molecule has 0 aliphatic rings. The summed E-state index contributed by atoms with van der Waals surface area (Å²) in [5, 5.41) is 10.6. The second kappa shape index (κ2) is 4.70. The molecular weight excluding hydrogens is 277 g/mol. The highest BCUT2D eigenvalue weighted by atomic mass is 32.1. The standard InChI is InChI=1S/C13H9F3O2S/c1-7-6-8(13(14,15)16)2-3-9(7)10-4-5-19-11(10)12(17)18/h2-6H,1H3,(H,17,18). The van der Waals surface area contributed by atoms with Crippen molar-refractivity contribution >= 4 is 17.3 Å². The second-order valence-electron chi connectivity index (χ2n) is 4.00. The number of aryl methyl sites for hydroxylation is 1. The smallest absolute Gasteiger partial charge is 0.416 e. The monoisotopic (exact) mass is 286 g/mol. The molecule has 2 rings (SSSR count). The zero-order chi connectivity index (χ0) is 14.2. The molecule has 0 atom stereocenters. The van der Waals surface area contributed by atoms with E-state index in [1.807, 2.05) is 0 Å². The average molecular weight is 286 g/mol. The van der Waals surface area contributed by atoms with E-state index < -0.39 is 17.7 Å². The third-order valence-electron chi connectivity index (χ3n) is 2.70. The van der Waals surface area contributed by atoms with E-state index in [0.717, 1.165) is 23.5 Å². The zero-order valence-electron chi connectivity index (χ0n) is 9.78. The molecule has 0 aliphatic carbocycles. The van der Waals surface area contributed by atoms with Crippen LogP contribution in [0.5, 0.6) is 0 Å². The van der Waals surface area contributed by atoms with Crippen molar-refractivity contribution < 1.29 is 23.1 Å². The van der Waals surface area contributed by atoms with Crippen molar-refractivity contribution in [2.24, 2.45) is 0 Å². The maximum absolute atomic E-state index is 12.6. The van der Waals surface area contributed by atoms with Crippen LogP contribution in [0, 0.1) is 6.92 Å². The first kappa shape index (κ1) is 13.6. The largest absolute Gasteiger partial charge is 0.477 e. The highest BCUT2D eigenvalue weighted by Gasteiger charge is 2.30. The lowest BCUT2D eigenvalue weighted by Crippen LogP contribution is -2.05. The first-order chi connectivity index (χ1) is 8.80. The highest BCUT2D eigenvalue weighted by Crippen LogP contribution is 2.35. The van der Waals surface area contributed by atoms with Gasteiger partial charge in [0.25, 0.3) is 0 Å². The molecule has 0 saturated carbocycles. The van der Waals surface area contributed by atoms with Crippen molar-refractivity contribution in [2.75, 3.05) is 0 Å². The van der Waals surface area contributed by atoms with Gasteiger partial charge in [-0.15, -0.1) is 11.3 Å². The molecule has 1 aromatic carbocycles. The van der Waals surface area contributed by atoms with Crippen LogP contribution < -0.4 is 0 Å². The fourth-order valence-electron chi connectivity index (χ4n) is 1.83. The molecule has 100 valence electrons. The number of aromatic carboxylic acids is 1. The van der Waals surface area contributed by atoms with Crippen LogP contribution in [0.25, 0.3) is 11.1 Å². The number of carboxylic acid groups (broad SMARTS) is 1. The van der Waals surface area contributed by atoms with Crippen LogP contribution in [-0.2, 0) is 6.18 Å². The van der Waals surface area contributed by atoms with E-state index in [-0.39, 0.29) is 4.88 Å². The van der Waals surface area contributed by atoms with Gasteiger partial charge in [-0.2, -0.15) is 13.2 Å². The Morgan fingerprint density at radius 1 is 1.21 bits per heavy atom. The summed E-state index contributed by atoms with van der Waals surface area (Å²) in [5.41, 5.74) is 0.618. The van der Waals surface area contributed by atoms with Crippen LogP contribution in [0.3, 0.4) is 0 Å².